The highest BCUT2D eigenvalue weighted by Gasteiger charge is 2.10. The van der Waals surface area contributed by atoms with Gasteiger partial charge in [-0.3, -0.25) is 10.1 Å². The first kappa shape index (κ1) is 22.5. The van der Waals surface area contributed by atoms with Crippen molar-refractivity contribution in [2.45, 2.75) is 6.92 Å². The van der Waals surface area contributed by atoms with E-state index in [0.717, 1.165) is 27.8 Å². The first-order valence-electron chi connectivity index (χ1n) is 11.0. The molecule has 4 N–H and O–H groups in total. The Bertz CT molecular complexity index is 1550. The molecular formula is C25H21N9O2. The Morgan fingerprint density at radius 2 is 1.44 bits per heavy atom. The SMILES string of the molecule is Cc1[nH]c2ccccc2c1C=NNc1nc(Nc2ccccc2)nc(Nc2ccc([N+](=O)[O-])cc2)n1. The number of anilines is 5. The number of hydrazone groups is 1. The number of nitro groups is 1. The number of aromatic amines is 1. The molecule has 5 rings (SSSR count). The standard InChI is InChI=1S/C25H21N9O2/c1-16-21(20-9-5-6-10-22(20)27-16)15-26-33-25-31-23(28-17-7-3-2-4-8-17)30-24(32-25)29-18-11-13-19(14-12-18)34(35)36/h2-15,27H,1H3,(H3,28,29,30,31,32,33). The number of hydrogen-bond donors (Lipinski definition) is 4. The quantitative estimate of drug-likeness (QED) is 0.130. The van der Waals surface area contributed by atoms with Crippen LogP contribution in [0.25, 0.3) is 10.9 Å². The van der Waals surface area contributed by atoms with Gasteiger partial charge in [0.1, 0.15) is 0 Å². The second kappa shape index (κ2) is 9.89. The molecule has 11 nitrogen and oxygen atoms in total. The van der Waals surface area contributed by atoms with Gasteiger partial charge in [-0.05, 0) is 37.3 Å². The lowest BCUT2D eigenvalue weighted by molar-refractivity contribution is -0.384. The van der Waals surface area contributed by atoms with Crippen LogP contribution in [0, 0.1) is 17.0 Å². The van der Waals surface area contributed by atoms with Crippen LogP contribution in [0.5, 0.6) is 0 Å². The minimum absolute atomic E-state index is 0.00750. The Hall–Kier alpha value is -5.32. The van der Waals surface area contributed by atoms with Crippen molar-refractivity contribution in [3.8, 4) is 0 Å². The summed E-state index contributed by atoms with van der Waals surface area (Å²) in [5, 5.41) is 22.5. The first-order valence-corrected chi connectivity index (χ1v) is 11.0. The molecule has 0 saturated heterocycles. The lowest BCUT2D eigenvalue weighted by atomic mass is 10.1. The van der Waals surface area contributed by atoms with Crippen LogP contribution in [0.15, 0.2) is 84.0 Å². The van der Waals surface area contributed by atoms with Crippen LogP contribution in [0.3, 0.4) is 0 Å². The van der Waals surface area contributed by atoms with E-state index in [1.54, 1.807) is 18.3 Å². The van der Waals surface area contributed by atoms with Gasteiger partial charge in [-0.2, -0.15) is 20.1 Å². The molecule has 2 heterocycles. The zero-order chi connectivity index (χ0) is 24.9. The topological polar surface area (TPSA) is 146 Å². The molecule has 0 unspecified atom stereocenters. The molecule has 0 fully saturated rings. The van der Waals surface area contributed by atoms with Crippen molar-refractivity contribution in [3.63, 3.8) is 0 Å². The maximum atomic E-state index is 10.9. The number of H-pyrrole nitrogens is 1. The number of fused-ring (bicyclic) bond motifs is 1. The Balaban J connectivity index is 1.41. The fourth-order valence-corrected chi connectivity index (χ4v) is 3.60. The van der Waals surface area contributed by atoms with Crippen LogP contribution in [-0.4, -0.2) is 31.1 Å². The van der Waals surface area contributed by atoms with Crippen molar-refractivity contribution in [2.24, 2.45) is 5.10 Å². The van der Waals surface area contributed by atoms with Gasteiger partial charge in [-0.1, -0.05) is 36.4 Å². The second-order valence-electron chi connectivity index (χ2n) is 7.81. The van der Waals surface area contributed by atoms with E-state index in [1.165, 1.54) is 12.1 Å². The van der Waals surface area contributed by atoms with E-state index in [2.05, 4.69) is 41.1 Å². The Morgan fingerprint density at radius 3 is 2.14 bits per heavy atom. The molecule has 0 aliphatic carbocycles. The van der Waals surface area contributed by atoms with Gasteiger partial charge in [-0.15, -0.1) is 0 Å². The zero-order valence-corrected chi connectivity index (χ0v) is 19.1. The van der Waals surface area contributed by atoms with Crippen LogP contribution in [0.1, 0.15) is 11.3 Å². The van der Waals surface area contributed by atoms with E-state index in [1.807, 2.05) is 61.5 Å². The van der Waals surface area contributed by atoms with Crippen molar-refractivity contribution < 1.29 is 4.92 Å². The number of rotatable bonds is 8. The Kier molecular flexibility index (Phi) is 6.17. The molecular weight excluding hydrogens is 458 g/mol. The van der Waals surface area contributed by atoms with Gasteiger partial charge in [-0.25, -0.2) is 5.43 Å². The molecule has 178 valence electrons. The predicted octanol–water partition coefficient (Wildman–Crippen LogP) is 5.50. The highest BCUT2D eigenvalue weighted by Crippen LogP contribution is 2.22. The average Bonchev–Trinajstić information content (AvgIpc) is 3.20. The molecule has 11 heteroatoms. The van der Waals surface area contributed by atoms with Gasteiger partial charge in [0.15, 0.2) is 0 Å². The van der Waals surface area contributed by atoms with Crippen LogP contribution in [-0.2, 0) is 0 Å². The van der Waals surface area contributed by atoms with Gasteiger partial charge in [0, 0.05) is 45.7 Å². The van der Waals surface area contributed by atoms with Crippen molar-refractivity contribution in [2.75, 3.05) is 16.1 Å². The molecule has 5 aromatic rings. The number of benzene rings is 3. The molecule has 0 aliphatic heterocycles. The fraction of sp³-hybridized carbons (Fsp3) is 0.0400. The number of non-ortho nitro benzene ring substituents is 1. The van der Waals surface area contributed by atoms with E-state index in [9.17, 15) is 10.1 Å². The largest absolute Gasteiger partial charge is 0.358 e. The summed E-state index contributed by atoms with van der Waals surface area (Å²) in [4.78, 5) is 27.0. The third kappa shape index (κ3) is 5.09. The third-order valence-electron chi connectivity index (χ3n) is 5.30. The summed E-state index contributed by atoms with van der Waals surface area (Å²) < 4.78 is 0. The maximum Gasteiger partial charge on any atom is 0.269 e. The van der Waals surface area contributed by atoms with Crippen molar-refractivity contribution in [1.29, 1.82) is 0 Å². The van der Waals surface area contributed by atoms with Crippen molar-refractivity contribution in [1.82, 2.24) is 19.9 Å². The predicted molar refractivity (Wildman–Crippen MR) is 140 cm³/mol. The fourth-order valence-electron chi connectivity index (χ4n) is 3.60. The molecule has 3 aromatic carbocycles. The van der Waals surface area contributed by atoms with Gasteiger partial charge in [0.05, 0.1) is 11.1 Å². The number of para-hydroxylation sites is 2. The van der Waals surface area contributed by atoms with E-state index >= 15 is 0 Å². The van der Waals surface area contributed by atoms with Gasteiger partial charge < -0.3 is 15.6 Å². The van der Waals surface area contributed by atoms with E-state index in [-0.39, 0.29) is 17.6 Å². The zero-order valence-electron chi connectivity index (χ0n) is 19.1. The molecule has 2 aromatic heterocycles. The Labute approximate surface area is 205 Å². The van der Waals surface area contributed by atoms with Gasteiger partial charge in [0.2, 0.25) is 17.8 Å². The summed E-state index contributed by atoms with van der Waals surface area (Å²) >= 11 is 0. The van der Waals surface area contributed by atoms with Gasteiger partial charge in [0.25, 0.3) is 5.69 Å². The average molecular weight is 480 g/mol. The molecule has 0 spiro atoms. The normalized spacial score (nSPS) is 11.0. The maximum absolute atomic E-state index is 10.9. The molecule has 0 bridgehead atoms. The molecule has 0 saturated carbocycles. The van der Waals surface area contributed by atoms with Crippen LogP contribution in [0.2, 0.25) is 0 Å². The number of aryl methyl sites for hydroxylation is 1. The summed E-state index contributed by atoms with van der Waals surface area (Å²) in [7, 11) is 0. The molecule has 0 radical (unpaired) electrons. The molecule has 36 heavy (non-hydrogen) atoms. The summed E-state index contributed by atoms with van der Waals surface area (Å²) in [5.41, 5.74) is 7.23. The highest BCUT2D eigenvalue weighted by atomic mass is 16.6. The number of nitro benzene ring substituents is 1. The number of nitrogens with zero attached hydrogens (tertiary/aromatic N) is 5. The van der Waals surface area contributed by atoms with Crippen LogP contribution < -0.4 is 16.1 Å². The lowest BCUT2D eigenvalue weighted by Gasteiger charge is -2.10. The Morgan fingerprint density at radius 1 is 0.833 bits per heavy atom. The number of hydrogen-bond acceptors (Lipinski definition) is 9. The molecule has 0 atom stereocenters. The monoisotopic (exact) mass is 479 g/mol. The van der Waals surface area contributed by atoms with Gasteiger partial charge >= 0.3 is 0 Å². The van der Waals surface area contributed by atoms with E-state index in [0.29, 0.717) is 11.6 Å². The highest BCUT2D eigenvalue weighted by molar-refractivity contribution is 6.00. The minimum atomic E-state index is -0.454. The lowest BCUT2D eigenvalue weighted by Crippen LogP contribution is -2.07. The van der Waals surface area contributed by atoms with Crippen molar-refractivity contribution >= 4 is 52.0 Å². The van der Waals surface area contributed by atoms with Crippen LogP contribution in [0.4, 0.5) is 34.9 Å². The smallest absolute Gasteiger partial charge is 0.269 e. The van der Waals surface area contributed by atoms with Crippen molar-refractivity contribution in [3.05, 3.63) is 100 Å². The first-order chi connectivity index (χ1) is 17.5. The van der Waals surface area contributed by atoms with E-state index < -0.39 is 4.92 Å². The molecule has 0 amide bonds. The summed E-state index contributed by atoms with van der Waals surface area (Å²) in [5.74, 6) is 0.737. The third-order valence-corrected chi connectivity index (χ3v) is 5.30. The number of aromatic nitrogens is 4. The number of nitrogens with one attached hydrogen (secondary N) is 4. The summed E-state index contributed by atoms with van der Waals surface area (Å²) in [6, 6.07) is 23.4. The minimum Gasteiger partial charge on any atom is -0.358 e. The second-order valence-corrected chi connectivity index (χ2v) is 7.81. The van der Waals surface area contributed by atoms with E-state index in [4.69, 9.17) is 0 Å². The summed E-state index contributed by atoms with van der Waals surface area (Å²) in [6.45, 7) is 1.98. The van der Waals surface area contributed by atoms with Crippen LogP contribution >= 0.6 is 0 Å². The summed E-state index contributed by atoms with van der Waals surface area (Å²) in [6.07, 6.45) is 1.71. The molecule has 0 aliphatic rings.